The molecule has 3 heteroatoms. The number of aromatic nitrogens is 1. The van der Waals surface area contributed by atoms with Crippen LogP contribution in [0.2, 0.25) is 0 Å². The number of nitrogens with zero attached hydrogens (tertiary/aromatic N) is 1. The van der Waals surface area contributed by atoms with E-state index in [4.69, 9.17) is 4.42 Å². The van der Waals surface area contributed by atoms with Crippen LogP contribution in [0, 0.1) is 3.57 Å². The predicted molar refractivity (Wildman–Crippen MR) is 121 cm³/mol. The molecule has 7 rings (SSSR count). The zero-order valence-corrected chi connectivity index (χ0v) is 16.3. The van der Waals surface area contributed by atoms with Crippen molar-refractivity contribution in [1.29, 1.82) is 0 Å². The first-order chi connectivity index (χ1) is 13.3. The molecule has 0 radical (unpaired) electrons. The molecule has 0 amide bonds. The molecule has 0 bridgehead atoms. The van der Waals surface area contributed by atoms with Gasteiger partial charge in [0.25, 0.3) is 0 Å². The standard InChI is InChI=1S/C24H12INO/c25-13-8-9-14-16-5-3-6-18-22-19(26(23(16)18)20(14)12-13)11-10-17-15-4-1-2-7-21(15)27-24(17)22/h1-12H. The van der Waals surface area contributed by atoms with Crippen LogP contribution in [0.3, 0.4) is 0 Å². The van der Waals surface area contributed by atoms with Crippen molar-refractivity contribution >= 4 is 82.6 Å². The summed E-state index contributed by atoms with van der Waals surface area (Å²) in [6, 6.07) is 26.1. The third kappa shape index (κ3) is 1.62. The number of para-hydroxylation sites is 2. The van der Waals surface area contributed by atoms with E-state index < -0.39 is 0 Å². The van der Waals surface area contributed by atoms with E-state index in [0.717, 1.165) is 11.2 Å². The number of halogens is 1. The topological polar surface area (TPSA) is 17.6 Å². The van der Waals surface area contributed by atoms with E-state index in [1.165, 1.54) is 52.4 Å². The second kappa shape index (κ2) is 4.73. The molecule has 3 heterocycles. The molecule has 4 aromatic carbocycles. The Hall–Kier alpha value is -2.79. The van der Waals surface area contributed by atoms with Crippen molar-refractivity contribution < 1.29 is 4.42 Å². The van der Waals surface area contributed by atoms with Crippen molar-refractivity contribution in [2.45, 2.75) is 0 Å². The Morgan fingerprint density at radius 1 is 0.667 bits per heavy atom. The van der Waals surface area contributed by atoms with Gasteiger partial charge in [0.1, 0.15) is 11.2 Å². The van der Waals surface area contributed by atoms with Gasteiger partial charge in [-0.2, -0.15) is 0 Å². The Balaban J connectivity index is 1.86. The Labute approximate surface area is 167 Å². The van der Waals surface area contributed by atoms with E-state index in [1.54, 1.807) is 0 Å². The van der Waals surface area contributed by atoms with Crippen LogP contribution in [0.5, 0.6) is 0 Å². The number of benzene rings is 4. The van der Waals surface area contributed by atoms with Crippen molar-refractivity contribution in [3.8, 4) is 0 Å². The molecular formula is C24H12INO. The molecule has 0 aliphatic carbocycles. The van der Waals surface area contributed by atoms with Gasteiger partial charge in [-0.25, -0.2) is 0 Å². The molecule has 0 saturated carbocycles. The lowest BCUT2D eigenvalue weighted by Crippen LogP contribution is -1.81. The number of hydrogen-bond donors (Lipinski definition) is 0. The van der Waals surface area contributed by atoms with Crippen LogP contribution in [0.1, 0.15) is 0 Å². The molecule has 0 saturated heterocycles. The summed E-state index contributed by atoms with van der Waals surface area (Å²) in [6.07, 6.45) is 0. The van der Waals surface area contributed by atoms with E-state index >= 15 is 0 Å². The normalized spacial score (nSPS) is 12.6. The summed E-state index contributed by atoms with van der Waals surface area (Å²) in [4.78, 5) is 0. The largest absolute Gasteiger partial charge is 0.455 e. The van der Waals surface area contributed by atoms with Gasteiger partial charge in [0.2, 0.25) is 0 Å². The first kappa shape index (κ1) is 14.3. The summed E-state index contributed by atoms with van der Waals surface area (Å²) in [5, 5.41) is 7.45. The van der Waals surface area contributed by atoms with Crippen molar-refractivity contribution in [1.82, 2.24) is 4.40 Å². The van der Waals surface area contributed by atoms with Gasteiger partial charge in [-0.05, 0) is 52.9 Å². The molecule has 0 spiro atoms. The highest BCUT2D eigenvalue weighted by atomic mass is 127. The third-order valence-electron chi connectivity index (χ3n) is 5.79. The fraction of sp³-hybridized carbons (Fsp3) is 0. The van der Waals surface area contributed by atoms with Crippen LogP contribution in [0.4, 0.5) is 0 Å². The maximum Gasteiger partial charge on any atom is 0.145 e. The van der Waals surface area contributed by atoms with Crippen molar-refractivity contribution in [3.63, 3.8) is 0 Å². The van der Waals surface area contributed by atoms with E-state index in [1.807, 2.05) is 6.07 Å². The van der Waals surface area contributed by atoms with Gasteiger partial charge in [0.05, 0.1) is 21.9 Å². The molecule has 3 aromatic heterocycles. The summed E-state index contributed by atoms with van der Waals surface area (Å²) in [5.41, 5.74) is 5.70. The minimum Gasteiger partial charge on any atom is -0.455 e. The third-order valence-corrected chi connectivity index (χ3v) is 6.46. The summed E-state index contributed by atoms with van der Waals surface area (Å²) in [7, 11) is 0. The lowest BCUT2D eigenvalue weighted by atomic mass is 10.1. The number of hydrogen-bond acceptors (Lipinski definition) is 1. The summed E-state index contributed by atoms with van der Waals surface area (Å²) < 4.78 is 10.0. The van der Waals surface area contributed by atoms with Gasteiger partial charge in [-0.15, -0.1) is 0 Å². The molecule has 0 unspecified atom stereocenters. The molecule has 27 heavy (non-hydrogen) atoms. The first-order valence-corrected chi connectivity index (χ1v) is 10.1. The summed E-state index contributed by atoms with van der Waals surface area (Å²) >= 11 is 2.39. The van der Waals surface area contributed by atoms with Crippen molar-refractivity contribution in [2.75, 3.05) is 0 Å². The summed E-state index contributed by atoms with van der Waals surface area (Å²) in [5.74, 6) is 0. The molecule has 0 N–H and O–H groups in total. The van der Waals surface area contributed by atoms with Crippen LogP contribution < -0.4 is 0 Å². The van der Waals surface area contributed by atoms with E-state index in [-0.39, 0.29) is 0 Å². The molecule has 126 valence electrons. The van der Waals surface area contributed by atoms with Crippen molar-refractivity contribution in [3.05, 3.63) is 76.4 Å². The maximum absolute atomic E-state index is 6.35. The lowest BCUT2D eigenvalue weighted by molar-refractivity contribution is 0.673. The molecular weight excluding hydrogens is 445 g/mol. The Morgan fingerprint density at radius 2 is 1.48 bits per heavy atom. The van der Waals surface area contributed by atoms with E-state index in [2.05, 4.69) is 93.7 Å². The van der Waals surface area contributed by atoms with Gasteiger partial charge >= 0.3 is 0 Å². The molecule has 0 fully saturated rings. The van der Waals surface area contributed by atoms with Gasteiger partial charge in [-0.3, -0.25) is 0 Å². The van der Waals surface area contributed by atoms with Gasteiger partial charge < -0.3 is 8.82 Å². The van der Waals surface area contributed by atoms with Gasteiger partial charge in [0.15, 0.2) is 0 Å². The second-order valence-corrected chi connectivity index (χ2v) is 8.38. The van der Waals surface area contributed by atoms with Gasteiger partial charge in [-0.1, -0.05) is 42.5 Å². The Kier molecular flexibility index (Phi) is 2.50. The average Bonchev–Trinajstić information content (AvgIpc) is 3.33. The summed E-state index contributed by atoms with van der Waals surface area (Å²) in [6.45, 7) is 0. The van der Waals surface area contributed by atoms with Crippen LogP contribution in [0.15, 0.2) is 77.2 Å². The van der Waals surface area contributed by atoms with Gasteiger partial charge in [0, 0.05) is 30.5 Å². The van der Waals surface area contributed by atoms with Crippen LogP contribution in [0.25, 0.3) is 60.0 Å². The second-order valence-electron chi connectivity index (χ2n) is 7.13. The highest BCUT2D eigenvalue weighted by Gasteiger charge is 2.20. The molecule has 7 aromatic rings. The van der Waals surface area contributed by atoms with Crippen LogP contribution >= 0.6 is 22.6 Å². The maximum atomic E-state index is 6.35. The quantitative estimate of drug-likeness (QED) is 0.218. The average molecular weight is 457 g/mol. The SMILES string of the molecule is Ic1ccc2c3cccc4c5c6oc7ccccc7c6ccc5n(c2c1)c34. The number of rotatable bonds is 0. The highest BCUT2D eigenvalue weighted by Crippen LogP contribution is 2.43. The van der Waals surface area contributed by atoms with E-state index in [0.29, 0.717) is 0 Å². The van der Waals surface area contributed by atoms with Crippen LogP contribution in [-0.2, 0) is 0 Å². The van der Waals surface area contributed by atoms with E-state index in [9.17, 15) is 0 Å². The molecule has 0 aliphatic heterocycles. The Morgan fingerprint density at radius 3 is 2.44 bits per heavy atom. The minimum absolute atomic E-state index is 0.948. The smallest absolute Gasteiger partial charge is 0.145 e. The number of fused-ring (bicyclic) bond motifs is 10. The zero-order chi connectivity index (χ0) is 17.7. The molecule has 2 nitrogen and oxygen atoms in total. The predicted octanol–water partition coefficient (Wildman–Crippen LogP) is 7.34. The zero-order valence-electron chi connectivity index (χ0n) is 14.2. The molecule has 0 atom stereocenters. The fourth-order valence-electron chi connectivity index (χ4n) is 4.72. The fourth-order valence-corrected chi connectivity index (χ4v) is 5.19. The monoisotopic (exact) mass is 457 g/mol. The minimum atomic E-state index is 0.948. The van der Waals surface area contributed by atoms with Crippen molar-refractivity contribution in [2.24, 2.45) is 0 Å². The Bertz CT molecular complexity index is 1690. The first-order valence-electron chi connectivity index (χ1n) is 8.99. The lowest BCUT2D eigenvalue weighted by Gasteiger charge is -1.99. The highest BCUT2D eigenvalue weighted by molar-refractivity contribution is 14.1. The van der Waals surface area contributed by atoms with Crippen LogP contribution in [-0.4, -0.2) is 4.40 Å². The number of furan rings is 1. The molecule has 0 aliphatic rings.